The minimum atomic E-state index is -2.68. The molecule has 2 aromatic heterocycles. The van der Waals surface area contributed by atoms with E-state index in [1.54, 1.807) is 84.2 Å². The Morgan fingerprint density at radius 2 is 1.27 bits per heavy atom. The van der Waals surface area contributed by atoms with E-state index in [-0.39, 0.29) is 28.1 Å². The van der Waals surface area contributed by atoms with Gasteiger partial charge in [0.15, 0.2) is 0 Å². The third-order valence-corrected chi connectivity index (χ3v) is 12.1. The fourth-order valence-electron chi connectivity index (χ4n) is 8.58. The Morgan fingerprint density at radius 1 is 0.587 bits per heavy atom. The smallest absolute Gasteiger partial charge is 0.149 e. The second kappa shape index (κ2) is 17.1. The van der Waals surface area contributed by atoms with Crippen LogP contribution in [0, 0.1) is 6.85 Å². The number of pyridine rings is 1. The summed E-state index contributed by atoms with van der Waals surface area (Å²) in [5.74, 6) is -4.54. The summed E-state index contributed by atoms with van der Waals surface area (Å²) in [6.07, 6.45) is 1.83. The minimum Gasteiger partial charge on any atom is -0.507 e. The normalized spacial score (nSPS) is 14.6. The van der Waals surface area contributed by atoms with E-state index in [1.165, 1.54) is 0 Å². The number of benzene rings is 6. The standard InChI is InChI=1S/C59H63N3O/c1-35(2)43-32-50(38(7)8)57(63)51(33-43)58-61-56-49(44-29-45(31-46(30-44)59(10,11)12)52-34-41(26-27-60-52)40-18-14-13-15-19-40)22-17-23-54(56)62(58)53-25-24-42(28-39(53)9)55-47(36(3)4)20-16-21-48(55)37(5)6/h13-38,63H,1-12H3/i9D3,35D,36D,37D,38D. The van der Waals surface area contributed by atoms with Crippen LogP contribution in [0.15, 0.2) is 134 Å². The summed E-state index contributed by atoms with van der Waals surface area (Å²) in [5, 5.41) is 12.4. The molecule has 0 unspecified atom stereocenters. The first-order valence-electron chi connectivity index (χ1n) is 25.3. The van der Waals surface area contributed by atoms with Crippen molar-refractivity contribution in [3.63, 3.8) is 0 Å². The highest BCUT2D eigenvalue weighted by Crippen LogP contribution is 2.44. The molecule has 0 radical (unpaired) electrons. The number of phenols is 1. The number of nitrogens with zero attached hydrogens (tertiary/aromatic N) is 3. The zero-order valence-corrected chi connectivity index (χ0v) is 38.5. The maximum absolute atomic E-state index is 12.4. The second-order valence-electron chi connectivity index (χ2n) is 18.7. The lowest BCUT2D eigenvalue weighted by Crippen LogP contribution is -2.11. The molecule has 0 aliphatic carbocycles. The lowest BCUT2D eigenvalue weighted by atomic mass is 9.83. The molecule has 6 aromatic carbocycles. The van der Waals surface area contributed by atoms with Gasteiger partial charge in [0.25, 0.3) is 0 Å². The van der Waals surface area contributed by atoms with Crippen LogP contribution in [-0.4, -0.2) is 19.6 Å². The highest BCUT2D eigenvalue weighted by Gasteiger charge is 2.26. The van der Waals surface area contributed by atoms with Gasteiger partial charge in [0.2, 0.25) is 0 Å². The van der Waals surface area contributed by atoms with Crippen molar-refractivity contribution in [2.24, 2.45) is 0 Å². The molecule has 0 fully saturated rings. The van der Waals surface area contributed by atoms with Crippen LogP contribution >= 0.6 is 0 Å². The lowest BCUT2D eigenvalue weighted by molar-refractivity contribution is 0.466. The first kappa shape index (κ1) is 35.2. The fourth-order valence-corrected chi connectivity index (χ4v) is 8.58. The summed E-state index contributed by atoms with van der Waals surface area (Å²) in [5.41, 5.74) is 11.3. The zero-order chi connectivity index (χ0) is 51.1. The number of phenolic OH excluding ortho intramolecular Hbond substituents is 1. The zero-order valence-electron chi connectivity index (χ0n) is 45.5. The van der Waals surface area contributed by atoms with Crippen LogP contribution in [0.1, 0.15) is 143 Å². The Bertz CT molecular complexity index is 3250. The van der Waals surface area contributed by atoms with E-state index in [0.29, 0.717) is 50.1 Å². The van der Waals surface area contributed by atoms with Crippen molar-refractivity contribution in [2.45, 2.75) is 112 Å². The van der Waals surface area contributed by atoms with Crippen LogP contribution in [0.25, 0.3) is 72.7 Å². The average molecular weight is 837 g/mol. The summed E-state index contributed by atoms with van der Waals surface area (Å²) in [4.78, 5) is 10.3. The topological polar surface area (TPSA) is 50.9 Å². The Balaban J connectivity index is 1.48. The van der Waals surface area contributed by atoms with Gasteiger partial charge in [0.05, 0.1) is 28.0 Å². The number of rotatable bonds is 10. The van der Waals surface area contributed by atoms with Gasteiger partial charge in [-0.15, -0.1) is 0 Å². The molecule has 0 amide bonds. The first-order chi connectivity index (χ1) is 32.4. The van der Waals surface area contributed by atoms with Crippen LogP contribution < -0.4 is 0 Å². The van der Waals surface area contributed by atoms with Gasteiger partial charge >= 0.3 is 0 Å². The molecular weight excluding hydrogens is 767 g/mol. The molecule has 8 rings (SSSR count). The van der Waals surface area contributed by atoms with Gasteiger partial charge in [0.1, 0.15) is 11.6 Å². The number of aromatic hydroxyl groups is 1. The van der Waals surface area contributed by atoms with Gasteiger partial charge in [-0.2, -0.15) is 0 Å². The Labute approximate surface area is 385 Å². The maximum atomic E-state index is 12.4. The largest absolute Gasteiger partial charge is 0.507 e. The molecule has 63 heavy (non-hydrogen) atoms. The van der Waals surface area contributed by atoms with Gasteiger partial charge in [0, 0.05) is 26.9 Å². The Morgan fingerprint density at radius 3 is 1.92 bits per heavy atom. The molecule has 320 valence electrons. The quantitative estimate of drug-likeness (QED) is 0.149. The van der Waals surface area contributed by atoms with Crippen LogP contribution in [-0.2, 0) is 5.41 Å². The molecule has 0 aliphatic heterocycles. The van der Waals surface area contributed by atoms with E-state index in [2.05, 4.69) is 57.2 Å². The number of aryl methyl sites for hydroxylation is 1. The number of imidazole rings is 1. The van der Waals surface area contributed by atoms with E-state index in [0.717, 1.165) is 39.1 Å². The summed E-state index contributed by atoms with van der Waals surface area (Å²) < 4.78 is 65.9. The Hall–Kier alpha value is -6.26. The van der Waals surface area contributed by atoms with Crippen molar-refractivity contribution in [2.75, 3.05) is 0 Å². The molecule has 0 saturated carbocycles. The van der Waals surface area contributed by atoms with Crippen LogP contribution in [0.4, 0.5) is 0 Å². The number of para-hydroxylation sites is 1. The third-order valence-electron chi connectivity index (χ3n) is 12.1. The summed E-state index contributed by atoms with van der Waals surface area (Å²) in [7, 11) is 0. The van der Waals surface area contributed by atoms with Crippen molar-refractivity contribution in [3.05, 3.63) is 167 Å². The first-order valence-corrected chi connectivity index (χ1v) is 21.8. The summed E-state index contributed by atoms with van der Waals surface area (Å²) >= 11 is 0. The lowest BCUT2D eigenvalue weighted by Gasteiger charge is -2.22. The molecule has 4 heteroatoms. The van der Waals surface area contributed by atoms with Gasteiger partial charge in [-0.05, 0) is 146 Å². The number of fused-ring (bicyclic) bond motifs is 1. The molecule has 0 saturated heterocycles. The SMILES string of the molecule is [2H]C([2H])([2H])c1cc(-c2c(C([2H])(C)C)cccc2C([2H])(C)C)ccc1-n1c(-c2cc(C([2H])(C)C)cc(C([2H])(C)C)c2O)nc2c(-c3cc(-c4cc(-c5ccccc5)ccn4)cc(C(C)(C)C)c3)cccc21. The van der Waals surface area contributed by atoms with Crippen molar-refractivity contribution >= 4 is 11.0 Å². The second-order valence-corrected chi connectivity index (χ2v) is 18.7. The molecule has 0 atom stereocenters. The third kappa shape index (κ3) is 8.36. The number of hydrogen-bond acceptors (Lipinski definition) is 3. The molecule has 0 aliphatic rings. The predicted molar refractivity (Wildman–Crippen MR) is 268 cm³/mol. The van der Waals surface area contributed by atoms with Gasteiger partial charge in [-0.3, -0.25) is 9.55 Å². The van der Waals surface area contributed by atoms with E-state index >= 15 is 0 Å². The predicted octanol–water partition coefficient (Wildman–Crippen LogP) is 16.6. The molecule has 8 aromatic rings. The summed E-state index contributed by atoms with van der Waals surface area (Å²) in [6, 6.07) is 40.9. The van der Waals surface area contributed by atoms with Gasteiger partial charge in [-0.25, -0.2) is 4.98 Å². The van der Waals surface area contributed by atoms with Crippen molar-refractivity contribution < 1.29 is 14.7 Å². The molecule has 0 spiro atoms. The van der Waals surface area contributed by atoms with Gasteiger partial charge in [-0.1, -0.05) is 155 Å². The molecule has 0 bridgehead atoms. The van der Waals surface area contributed by atoms with Crippen LogP contribution in [0.3, 0.4) is 0 Å². The fraction of sp³-hybridized carbons (Fsp3) is 0.288. The van der Waals surface area contributed by atoms with E-state index in [1.807, 2.05) is 72.9 Å². The van der Waals surface area contributed by atoms with Crippen molar-refractivity contribution in [1.82, 2.24) is 14.5 Å². The number of aromatic nitrogens is 3. The Kier molecular flexibility index (Phi) is 9.58. The molecule has 2 heterocycles. The maximum Gasteiger partial charge on any atom is 0.149 e. The average Bonchev–Trinajstić information content (AvgIpc) is 3.66. The highest BCUT2D eigenvalue weighted by atomic mass is 16.3. The van der Waals surface area contributed by atoms with Crippen molar-refractivity contribution in [1.29, 1.82) is 0 Å². The summed E-state index contributed by atoms with van der Waals surface area (Å²) in [6.45, 7) is 17.9. The monoisotopic (exact) mass is 837 g/mol. The van der Waals surface area contributed by atoms with E-state index in [9.17, 15) is 5.11 Å². The van der Waals surface area contributed by atoms with Crippen LogP contribution in [0.2, 0.25) is 0 Å². The number of hydrogen-bond donors (Lipinski definition) is 1. The van der Waals surface area contributed by atoms with Crippen molar-refractivity contribution in [3.8, 4) is 67.5 Å². The molecular formula is C59H63N3O. The minimum absolute atomic E-state index is 0.00109. The molecule has 4 nitrogen and oxygen atoms in total. The van der Waals surface area contributed by atoms with E-state index < -0.39 is 30.4 Å². The van der Waals surface area contributed by atoms with Crippen LogP contribution in [0.5, 0.6) is 5.75 Å². The van der Waals surface area contributed by atoms with Gasteiger partial charge < -0.3 is 5.11 Å². The van der Waals surface area contributed by atoms with E-state index in [4.69, 9.17) is 19.6 Å². The molecule has 1 N–H and O–H groups in total. The highest BCUT2D eigenvalue weighted by molar-refractivity contribution is 5.97.